The Morgan fingerprint density at radius 3 is 1.53 bits per heavy atom. The van der Waals surface area contributed by atoms with Crippen LogP contribution >= 0.6 is 0 Å². The quantitative estimate of drug-likeness (QED) is 0.179. The van der Waals surface area contributed by atoms with E-state index >= 15 is 0 Å². The van der Waals surface area contributed by atoms with Gasteiger partial charge in [-0.1, -0.05) is 127 Å². The van der Waals surface area contributed by atoms with E-state index < -0.39 is 0 Å². The van der Waals surface area contributed by atoms with Gasteiger partial charge < -0.3 is 4.57 Å². The summed E-state index contributed by atoms with van der Waals surface area (Å²) in [4.78, 5) is 15.1. The lowest BCUT2D eigenvalue weighted by molar-refractivity contribution is 1.07. The Morgan fingerprint density at radius 1 is 0.373 bits per heavy atom. The Morgan fingerprint density at radius 2 is 0.863 bits per heavy atom. The second-order valence-corrected chi connectivity index (χ2v) is 12.4. The molecule has 0 fully saturated rings. The summed E-state index contributed by atoms with van der Waals surface area (Å²) in [5.74, 6) is 1.80. The summed E-state index contributed by atoms with van der Waals surface area (Å²) >= 11 is 0. The van der Waals surface area contributed by atoms with Gasteiger partial charge in [0.1, 0.15) is 0 Å². The van der Waals surface area contributed by atoms with Crippen LogP contribution < -0.4 is 0 Å². The van der Waals surface area contributed by atoms with Gasteiger partial charge in [0.2, 0.25) is 0 Å². The summed E-state index contributed by atoms with van der Waals surface area (Å²) in [6.45, 7) is 0. The molecule has 2 heterocycles. The van der Waals surface area contributed by atoms with Crippen molar-refractivity contribution in [2.45, 2.75) is 0 Å². The van der Waals surface area contributed by atoms with Crippen LogP contribution in [0.1, 0.15) is 5.56 Å². The molecule has 2 aromatic heterocycles. The van der Waals surface area contributed by atoms with Crippen LogP contribution in [-0.2, 0) is 0 Å². The largest absolute Gasteiger partial charge is 0.309 e. The van der Waals surface area contributed by atoms with Crippen molar-refractivity contribution in [3.63, 3.8) is 0 Å². The standard InChI is InChI=1S/C46H29N5/c47-30-31-18-27-41-40-16-7-8-17-42(40)51(43(41)28-31)39-25-23-36(24-26-39)45-48-44(35-21-19-34(20-22-35)32-10-3-1-4-11-32)49-46(50-45)38-15-9-14-37(29-38)33-12-5-2-6-13-33/h1-29H. The van der Waals surface area contributed by atoms with Crippen LogP contribution in [0, 0.1) is 11.3 Å². The lowest BCUT2D eigenvalue weighted by atomic mass is 10.0. The van der Waals surface area contributed by atoms with Gasteiger partial charge in [0.05, 0.1) is 22.7 Å². The van der Waals surface area contributed by atoms with Crippen molar-refractivity contribution in [3.8, 4) is 68.2 Å². The van der Waals surface area contributed by atoms with E-state index in [0.717, 1.165) is 66.4 Å². The minimum absolute atomic E-state index is 0.591. The molecule has 0 aliphatic carbocycles. The van der Waals surface area contributed by atoms with Gasteiger partial charge in [-0.15, -0.1) is 0 Å². The predicted octanol–water partition coefficient (Wildman–Crippen LogP) is 11.2. The maximum absolute atomic E-state index is 9.67. The maximum Gasteiger partial charge on any atom is 0.164 e. The number of aromatic nitrogens is 4. The first kappa shape index (κ1) is 29.9. The summed E-state index contributed by atoms with van der Waals surface area (Å²) in [5, 5.41) is 11.9. The first-order valence-electron chi connectivity index (χ1n) is 16.8. The van der Waals surface area contributed by atoms with E-state index in [4.69, 9.17) is 15.0 Å². The highest BCUT2D eigenvalue weighted by atomic mass is 15.0. The molecule has 0 spiro atoms. The van der Waals surface area contributed by atoms with Crippen LogP contribution in [0.4, 0.5) is 0 Å². The van der Waals surface area contributed by atoms with Gasteiger partial charge in [0.25, 0.3) is 0 Å². The van der Waals surface area contributed by atoms with E-state index in [-0.39, 0.29) is 0 Å². The van der Waals surface area contributed by atoms with E-state index in [2.05, 4.69) is 114 Å². The summed E-state index contributed by atoms with van der Waals surface area (Å²) < 4.78 is 2.21. The number of hydrogen-bond acceptors (Lipinski definition) is 4. The normalized spacial score (nSPS) is 11.1. The van der Waals surface area contributed by atoms with Crippen molar-refractivity contribution in [2.24, 2.45) is 0 Å². The van der Waals surface area contributed by atoms with Gasteiger partial charge in [-0.25, -0.2) is 15.0 Å². The molecule has 51 heavy (non-hydrogen) atoms. The number of nitriles is 1. The van der Waals surface area contributed by atoms with Gasteiger partial charge in [0, 0.05) is 33.2 Å². The molecule has 0 saturated heterocycles. The summed E-state index contributed by atoms with van der Waals surface area (Å²) in [6, 6.07) is 62.2. The summed E-state index contributed by atoms with van der Waals surface area (Å²) in [5.41, 5.74) is 10.9. The highest BCUT2D eigenvalue weighted by molar-refractivity contribution is 6.09. The van der Waals surface area contributed by atoms with Crippen LogP contribution in [-0.4, -0.2) is 19.5 Å². The van der Waals surface area contributed by atoms with Crippen molar-refractivity contribution >= 4 is 21.8 Å². The highest BCUT2D eigenvalue weighted by Gasteiger charge is 2.16. The van der Waals surface area contributed by atoms with E-state index in [0.29, 0.717) is 23.0 Å². The molecule has 0 amide bonds. The fourth-order valence-corrected chi connectivity index (χ4v) is 6.75. The van der Waals surface area contributed by atoms with Crippen molar-refractivity contribution in [3.05, 3.63) is 181 Å². The van der Waals surface area contributed by atoms with Gasteiger partial charge in [-0.2, -0.15) is 5.26 Å². The second kappa shape index (κ2) is 12.7. The number of fused-ring (bicyclic) bond motifs is 3. The van der Waals surface area contributed by atoms with Crippen LogP contribution in [0.15, 0.2) is 176 Å². The zero-order valence-corrected chi connectivity index (χ0v) is 27.5. The van der Waals surface area contributed by atoms with Crippen molar-refractivity contribution in [1.29, 1.82) is 5.26 Å². The summed E-state index contributed by atoms with van der Waals surface area (Å²) in [6.07, 6.45) is 0. The molecular formula is C46H29N5. The molecule has 9 rings (SSSR count). The van der Waals surface area contributed by atoms with Gasteiger partial charge in [-0.05, 0) is 70.8 Å². The SMILES string of the molecule is N#Cc1ccc2c3ccccc3n(-c3ccc(-c4nc(-c5ccc(-c6ccccc6)cc5)nc(-c5cccc(-c6ccccc6)c5)n4)cc3)c2c1. The van der Waals surface area contributed by atoms with Crippen LogP contribution in [0.2, 0.25) is 0 Å². The number of hydrogen-bond donors (Lipinski definition) is 0. The maximum atomic E-state index is 9.67. The smallest absolute Gasteiger partial charge is 0.164 e. The van der Waals surface area contributed by atoms with E-state index in [1.807, 2.05) is 72.8 Å². The Labute approximate surface area is 295 Å². The molecule has 0 saturated carbocycles. The Balaban J connectivity index is 1.16. The molecular weight excluding hydrogens is 623 g/mol. The fraction of sp³-hybridized carbons (Fsp3) is 0. The average Bonchev–Trinajstić information content (AvgIpc) is 3.55. The number of benzene rings is 7. The Kier molecular flexibility index (Phi) is 7.46. The predicted molar refractivity (Wildman–Crippen MR) is 206 cm³/mol. The van der Waals surface area contributed by atoms with Crippen LogP contribution in [0.25, 0.3) is 83.9 Å². The highest BCUT2D eigenvalue weighted by Crippen LogP contribution is 2.34. The third-order valence-electron chi connectivity index (χ3n) is 9.30. The minimum Gasteiger partial charge on any atom is -0.309 e. The van der Waals surface area contributed by atoms with E-state index in [1.165, 1.54) is 0 Å². The molecule has 7 aromatic carbocycles. The Bertz CT molecular complexity index is 2720. The number of para-hydroxylation sites is 1. The molecule has 5 nitrogen and oxygen atoms in total. The molecule has 0 aliphatic heterocycles. The minimum atomic E-state index is 0.591. The third-order valence-corrected chi connectivity index (χ3v) is 9.30. The van der Waals surface area contributed by atoms with Crippen molar-refractivity contribution in [2.75, 3.05) is 0 Å². The first-order chi connectivity index (χ1) is 25.2. The fourth-order valence-electron chi connectivity index (χ4n) is 6.75. The third kappa shape index (κ3) is 5.61. The molecule has 0 atom stereocenters. The Hall–Kier alpha value is -7.16. The topological polar surface area (TPSA) is 67.4 Å². The van der Waals surface area contributed by atoms with E-state index in [1.54, 1.807) is 0 Å². The molecule has 0 N–H and O–H groups in total. The monoisotopic (exact) mass is 651 g/mol. The van der Waals surface area contributed by atoms with Gasteiger partial charge >= 0.3 is 0 Å². The van der Waals surface area contributed by atoms with Crippen LogP contribution in [0.5, 0.6) is 0 Å². The van der Waals surface area contributed by atoms with Gasteiger partial charge in [0.15, 0.2) is 17.5 Å². The first-order valence-corrected chi connectivity index (χ1v) is 16.8. The zero-order chi connectivity index (χ0) is 34.1. The molecule has 0 bridgehead atoms. The van der Waals surface area contributed by atoms with Gasteiger partial charge in [-0.3, -0.25) is 0 Å². The average molecular weight is 652 g/mol. The molecule has 238 valence electrons. The number of nitrogens with zero attached hydrogens (tertiary/aromatic N) is 5. The lowest BCUT2D eigenvalue weighted by Crippen LogP contribution is -2.01. The van der Waals surface area contributed by atoms with Crippen molar-refractivity contribution in [1.82, 2.24) is 19.5 Å². The number of rotatable bonds is 6. The lowest BCUT2D eigenvalue weighted by Gasteiger charge is -2.11. The zero-order valence-electron chi connectivity index (χ0n) is 27.5. The van der Waals surface area contributed by atoms with Crippen molar-refractivity contribution < 1.29 is 0 Å². The van der Waals surface area contributed by atoms with E-state index in [9.17, 15) is 5.26 Å². The molecule has 0 aliphatic rings. The molecule has 0 radical (unpaired) electrons. The molecule has 0 unspecified atom stereocenters. The summed E-state index contributed by atoms with van der Waals surface area (Å²) in [7, 11) is 0. The second-order valence-electron chi connectivity index (χ2n) is 12.4. The van der Waals surface area contributed by atoms with Crippen LogP contribution in [0.3, 0.4) is 0 Å². The molecule has 5 heteroatoms. The molecule has 9 aromatic rings.